The van der Waals surface area contributed by atoms with Crippen LogP contribution in [-0.2, 0) is 4.79 Å². The van der Waals surface area contributed by atoms with Gasteiger partial charge in [0, 0.05) is 5.69 Å². The van der Waals surface area contributed by atoms with E-state index in [2.05, 4.69) is 21.3 Å². The zero-order valence-electron chi connectivity index (χ0n) is 15.8. The van der Waals surface area contributed by atoms with Crippen LogP contribution >= 0.6 is 12.2 Å². The van der Waals surface area contributed by atoms with Gasteiger partial charge in [0.25, 0.3) is 5.91 Å². The van der Waals surface area contributed by atoms with Crippen molar-refractivity contribution in [3.63, 3.8) is 0 Å². The molecular weight excluding hydrogens is 368 g/mol. The van der Waals surface area contributed by atoms with Crippen LogP contribution in [0.1, 0.15) is 35.5 Å². The molecule has 0 bridgehead atoms. The van der Waals surface area contributed by atoms with Crippen LogP contribution in [0.3, 0.4) is 0 Å². The summed E-state index contributed by atoms with van der Waals surface area (Å²) in [6.07, 6.45) is 0. The van der Waals surface area contributed by atoms with Gasteiger partial charge in [-0.2, -0.15) is 5.10 Å². The number of hydrogen-bond donors (Lipinski definition) is 3. The molecule has 1 heterocycles. The van der Waals surface area contributed by atoms with E-state index in [4.69, 9.17) is 12.2 Å². The minimum atomic E-state index is -0.756. The van der Waals surface area contributed by atoms with Gasteiger partial charge in [-0.25, -0.2) is 0 Å². The number of thiocarbonyl (C=S) groups is 1. The lowest BCUT2D eigenvalue weighted by atomic mass is 10.1. The molecule has 2 aromatic rings. The highest BCUT2D eigenvalue weighted by molar-refractivity contribution is 7.80. The minimum Gasteiger partial charge on any atom is -0.331 e. The van der Waals surface area contributed by atoms with E-state index < -0.39 is 16.9 Å². The zero-order chi connectivity index (χ0) is 20.3. The van der Waals surface area contributed by atoms with Crippen molar-refractivity contribution in [2.45, 2.75) is 40.7 Å². The van der Waals surface area contributed by atoms with Crippen molar-refractivity contribution in [3.8, 4) is 0 Å². The Balaban J connectivity index is 2.01. The minimum absolute atomic E-state index is 0.0882. The van der Waals surface area contributed by atoms with E-state index in [1.54, 1.807) is 13.8 Å². The third-order valence-corrected chi connectivity index (χ3v) is 4.36. The van der Waals surface area contributed by atoms with Gasteiger partial charge in [0.1, 0.15) is 17.4 Å². The predicted octanol–water partition coefficient (Wildman–Crippen LogP) is 2.60. The summed E-state index contributed by atoms with van der Waals surface area (Å²) in [7, 11) is 0. The highest BCUT2D eigenvalue weighted by Gasteiger charge is 2.27. The molecule has 3 N–H and O–H groups in total. The molecular formula is C17H22N6O3S. The van der Waals surface area contributed by atoms with E-state index in [1.807, 2.05) is 32.0 Å². The Morgan fingerprint density at radius 1 is 1.26 bits per heavy atom. The monoisotopic (exact) mass is 390 g/mol. The number of aryl methyl sites for hydroxylation is 3. The van der Waals surface area contributed by atoms with Gasteiger partial charge in [-0.3, -0.25) is 30.4 Å². The topological polar surface area (TPSA) is 114 Å². The van der Waals surface area contributed by atoms with Gasteiger partial charge in [-0.05, 0) is 64.0 Å². The number of carbonyl (C=O) groups is 1. The molecule has 1 aromatic heterocycles. The fraction of sp³-hybridized carbons (Fsp3) is 0.353. The largest absolute Gasteiger partial charge is 0.331 e. The molecule has 0 aliphatic heterocycles. The third-order valence-electron chi connectivity index (χ3n) is 4.16. The fourth-order valence-corrected chi connectivity index (χ4v) is 2.81. The summed E-state index contributed by atoms with van der Waals surface area (Å²) in [5.41, 5.74) is 8.55. The summed E-state index contributed by atoms with van der Waals surface area (Å²) in [6, 6.07) is 5.15. The Morgan fingerprint density at radius 2 is 1.93 bits per heavy atom. The van der Waals surface area contributed by atoms with Crippen molar-refractivity contribution >= 4 is 34.6 Å². The third kappa shape index (κ3) is 4.59. The van der Waals surface area contributed by atoms with Gasteiger partial charge in [-0.1, -0.05) is 12.1 Å². The van der Waals surface area contributed by atoms with E-state index >= 15 is 0 Å². The van der Waals surface area contributed by atoms with Gasteiger partial charge in [0.05, 0.1) is 4.92 Å². The smallest absolute Gasteiger partial charge is 0.312 e. The van der Waals surface area contributed by atoms with Crippen LogP contribution in [-0.4, -0.2) is 25.7 Å². The van der Waals surface area contributed by atoms with Gasteiger partial charge in [0.15, 0.2) is 5.11 Å². The van der Waals surface area contributed by atoms with Crippen LogP contribution in [0.2, 0.25) is 0 Å². The number of aromatic nitrogens is 2. The zero-order valence-corrected chi connectivity index (χ0v) is 16.6. The first kappa shape index (κ1) is 20.3. The summed E-state index contributed by atoms with van der Waals surface area (Å²) in [6.45, 7) is 8.61. The summed E-state index contributed by atoms with van der Waals surface area (Å²) in [4.78, 5) is 23.0. The van der Waals surface area contributed by atoms with Gasteiger partial charge in [0.2, 0.25) is 0 Å². The second-order valence-electron chi connectivity index (χ2n) is 6.28. The van der Waals surface area contributed by atoms with Crippen LogP contribution in [0.5, 0.6) is 0 Å². The number of nitrogens with zero attached hydrogens (tertiary/aromatic N) is 3. The highest BCUT2D eigenvalue weighted by Crippen LogP contribution is 2.24. The number of benzene rings is 1. The van der Waals surface area contributed by atoms with Crippen molar-refractivity contribution in [3.05, 3.63) is 50.8 Å². The quantitative estimate of drug-likeness (QED) is 0.418. The molecule has 0 spiro atoms. The molecule has 9 nitrogen and oxygen atoms in total. The second kappa shape index (κ2) is 8.12. The van der Waals surface area contributed by atoms with E-state index in [0.29, 0.717) is 5.69 Å². The summed E-state index contributed by atoms with van der Waals surface area (Å²) >= 11 is 5.20. The normalized spacial score (nSPS) is 11.6. The number of nitrogens with one attached hydrogen (secondary N) is 3. The molecule has 1 atom stereocenters. The Labute approximate surface area is 162 Å². The van der Waals surface area contributed by atoms with E-state index in [9.17, 15) is 14.9 Å². The first-order valence-electron chi connectivity index (χ1n) is 8.26. The van der Waals surface area contributed by atoms with Crippen LogP contribution in [0.25, 0.3) is 0 Å². The SMILES string of the molecule is Cc1ccc(C)c(NC(=S)NNC(=O)C(C)n2nc(C)c([N+](=O)[O-])c2C)c1. The molecule has 0 saturated heterocycles. The molecule has 0 aliphatic carbocycles. The van der Waals surface area contributed by atoms with Crippen LogP contribution in [0.15, 0.2) is 18.2 Å². The highest BCUT2D eigenvalue weighted by atomic mass is 32.1. The number of carbonyl (C=O) groups excluding carboxylic acids is 1. The number of hydrazine groups is 1. The molecule has 0 aliphatic rings. The summed E-state index contributed by atoms with van der Waals surface area (Å²) < 4.78 is 1.33. The number of rotatable bonds is 4. The van der Waals surface area contributed by atoms with Crippen molar-refractivity contribution in [2.75, 3.05) is 5.32 Å². The first-order chi connectivity index (χ1) is 12.6. The van der Waals surface area contributed by atoms with Crippen LogP contribution < -0.4 is 16.2 Å². The molecule has 0 radical (unpaired) electrons. The summed E-state index contributed by atoms with van der Waals surface area (Å²) in [5.74, 6) is -0.430. The molecule has 1 aromatic carbocycles. The fourth-order valence-electron chi connectivity index (χ4n) is 2.65. The molecule has 0 saturated carbocycles. The lowest BCUT2D eigenvalue weighted by Crippen LogP contribution is -2.46. The molecule has 2 rings (SSSR count). The number of anilines is 1. The Hall–Kier alpha value is -3.01. The molecule has 10 heteroatoms. The van der Waals surface area contributed by atoms with Gasteiger partial charge in [-0.15, -0.1) is 0 Å². The number of amides is 1. The maximum Gasteiger partial charge on any atom is 0.312 e. The van der Waals surface area contributed by atoms with Crippen molar-refractivity contribution in [1.82, 2.24) is 20.6 Å². The average molecular weight is 390 g/mol. The lowest BCUT2D eigenvalue weighted by Gasteiger charge is -2.17. The number of hydrogen-bond acceptors (Lipinski definition) is 5. The summed E-state index contributed by atoms with van der Waals surface area (Å²) in [5, 5.41) is 18.5. The second-order valence-corrected chi connectivity index (χ2v) is 6.69. The molecule has 1 amide bonds. The van der Waals surface area contributed by atoms with Crippen LogP contribution in [0.4, 0.5) is 11.4 Å². The van der Waals surface area contributed by atoms with Crippen molar-refractivity contribution in [2.24, 2.45) is 0 Å². The van der Waals surface area contributed by atoms with Gasteiger partial charge >= 0.3 is 5.69 Å². The van der Waals surface area contributed by atoms with E-state index in [-0.39, 0.29) is 16.5 Å². The molecule has 144 valence electrons. The number of nitro groups is 1. The van der Waals surface area contributed by atoms with Gasteiger partial charge < -0.3 is 5.32 Å². The average Bonchev–Trinajstić information content (AvgIpc) is 2.89. The van der Waals surface area contributed by atoms with E-state index in [1.165, 1.54) is 11.6 Å². The predicted molar refractivity (Wildman–Crippen MR) is 106 cm³/mol. The maximum absolute atomic E-state index is 12.4. The Kier molecular flexibility index (Phi) is 6.11. The maximum atomic E-state index is 12.4. The van der Waals surface area contributed by atoms with E-state index in [0.717, 1.165) is 16.8 Å². The molecule has 27 heavy (non-hydrogen) atoms. The Morgan fingerprint density at radius 3 is 2.52 bits per heavy atom. The Bertz CT molecular complexity index is 908. The molecule has 0 fully saturated rings. The van der Waals surface area contributed by atoms with Crippen molar-refractivity contribution < 1.29 is 9.72 Å². The first-order valence-corrected chi connectivity index (χ1v) is 8.66. The standard InChI is InChI=1S/C17H22N6O3S/c1-9-6-7-10(2)14(8-9)18-17(27)20-19-16(24)13(5)22-12(4)15(23(25)26)11(3)21-22/h6-8,13H,1-5H3,(H,19,24)(H2,18,20,27). The lowest BCUT2D eigenvalue weighted by molar-refractivity contribution is -0.386. The van der Waals surface area contributed by atoms with Crippen LogP contribution in [0, 0.1) is 37.8 Å². The van der Waals surface area contributed by atoms with Crippen molar-refractivity contribution in [1.29, 1.82) is 0 Å². The molecule has 1 unspecified atom stereocenters.